The van der Waals surface area contributed by atoms with Crippen LogP contribution in [0.1, 0.15) is 65.7 Å². The molecule has 25 heavy (non-hydrogen) atoms. The summed E-state index contributed by atoms with van der Waals surface area (Å²) in [6.45, 7) is 5.88. The summed E-state index contributed by atoms with van der Waals surface area (Å²) in [5.41, 5.74) is 1.28. The largest absolute Gasteiger partial charge is 0.455 e. The van der Waals surface area contributed by atoms with Crippen LogP contribution in [0.5, 0.6) is 0 Å². The summed E-state index contributed by atoms with van der Waals surface area (Å²) in [5.74, 6) is 1.18. The Morgan fingerprint density at radius 1 is 1.20 bits per heavy atom. The fourth-order valence-corrected chi connectivity index (χ4v) is 6.71. The zero-order valence-corrected chi connectivity index (χ0v) is 15.6. The molecule has 0 spiro atoms. The van der Waals surface area contributed by atoms with Crippen molar-refractivity contribution >= 4 is 11.8 Å². The summed E-state index contributed by atoms with van der Waals surface area (Å²) < 4.78 is 5.37. The maximum atomic E-state index is 13.0. The first-order chi connectivity index (χ1) is 11.8. The number of fused-ring (bicyclic) bond motifs is 5. The van der Waals surface area contributed by atoms with Crippen LogP contribution in [0.25, 0.3) is 0 Å². The lowest BCUT2D eigenvalue weighted by molar-refractivity contribution is -0.153. The third kappa shape index (κ3) is 2.43. The fraction of sp³-hybridized carbons (Fsp3) is 0.810. The molecule has 0 aliphatic heterocycles. The van der Waals surface area contributed by atoms with E-state index >= 15 is 0 Å². The van der Waals surface area contributed by atoms with E-state index in [9.17, 15) is 14.7 Å². The summed E-state index contributed by atoms with van der Waals surface area (Å²) in [6.07, 6.45) is 8.04. The molecule has 4 aliphatic rings. The van der Waals surface area contributed by atoms with Crippen molar-refractivity contribution in [2.45, 2.75) is 77.9 Å². The maximum absolute atomic E-state index is 13.0. The van der Waals surface area contributed by atoms with Crippen LogP contribution in [0, 0.1) is 28.6 Å². The number of carbonyl (C=O) groups is 2. The Balaban J connectivity index is 1.64. The molecular weight excluding hydrogens is 316 g/mol. The second-order valence-corrected chi connectivity index (χ2v) is 9.31. The van der Waals surface area contributed by atoms with E-state index in [2.05, 4.69) is 19.9 Å². The lowest BCUT2D eigenvalue weighted by atomic mass is 9.48. The number of ether oxygens (including phenoxy) is 1. The van der Waals surface area contributed by atoms with Gasteiger partial charge in [-0.05, 0) is 68.1 Å². The van der Waals surface area contributed by atoms with Gasteiger partial charge in [-0.25, -0.2) is 0 Å². The number of rotatable bonds is 1. The van der Waals surface area contributed by atoms with Crippen LogP contribution < -0.4 is 0 Å². The molecule has 0 bridgehead atoms. The number of hydrogen-bond acceptors (Lipinski definition) is 4. The summed E-state index contributed by atoms with van der Waals surface area (Å²) in [4.78, 5) is 24.4. The van der Waals surface area contributed by atoms with E-state index in [1.165, 1.54) is 12.5 Å². The third-order valence-corrected chi connectivity index (χ3v) is 8.10. The Morgan fingerprint density at radius 2 is 1.92 bits per heavy atom. The Morgan fingerprint density at radius 3 is 2.64 bits per heavy atom. The summed E-state index contributed by atoms with van der Waals surface area (Å²) in [5, 5.41) is 10.1. The Hall–Kier alpha value is -1.16. The molecule has 4 nitrogen and oxygen atoms in total. The molecule has 138 valence electrons. The number of aliphatic hydroxyl groups excluding tert-OH is 1. The van der Waals surface area contributed by atoms with Gasteiger partial charge in [-0.1, -0.05) is 25.5 Å². The van der Waals surface area contributed by atoms with Crippen LogP contribution in [-0.2, 0) is 14.3 Å². The average Bonchev–Trinajstić information content (AvgIpc) is 2.79. The van der Waals surface area contributed by atoms with E-state index < -0.39 is 6.10 Å². The minimum absolute atomic E-state index is 0.144. The number of ketones is 1. The molecule has 0 aromatic heterocycles. The van der Waals surface area contributed by atoms with Gasteiger partial charge in [-0.2, -0.15) is 0 Å². The molecular formula is C21H30O4. The van der Waals surface area contributed by atoms with Crippen LogP contribution in [0.15, 0.2) is 11.6 Å². The molecule has 4 aliphatic carbocycles. The average molecular weight is 346 g/mol. The van der Waals surface area contributed by atoms with E-state index in [0.717, 1.165) is 38.5 Å². The Labute approximate surface area is 150 Å². The number of aliphatic hydroxyl groups is 1. The van der Waals surface area contributed by atoms with E-state index in [0.29, 0.717) is 24.2 Å². The molecule has 0 unspecified atom stereocenters. The Kier molecular flexibility index (Phi) is 3.91. The predicted octanol–water partition coefficient (Wildman–Crippen LogP) is 3.42. The fourth-order valence-electron chi connectivity index (χ4n) is 6.71. The van der Waals surface area contributed by atoms with Crippen LogP contribution in [0.2, 0.25) is 0 Å². The maximum Gasteiger partial charge on any atom is 0.303 e. The molecule has 4 rings (SSSR count). The molecule has 3 saturated carbocycles. The normalized spacial score (nSPS) is 48.9. The molecule has 0 saturated heterocycles. The van der Waals surface area contributed by atoms with Gasteiger partial charge >= 0.3 is 5.97 Å². The molecule has 0 heterocycles. The van der Waals surface area contributed by atoms with Crippen molar-refractivity contribution in [1.29, 1.82) is 0 Å². The smallest absolute Gasteiger partial charge is 0.303 e. The van der Waals surface area contributed by atoms with Gasteiger partial charge < -0.3 is 9.84 Å². The van der Waals surface area contributed by atoms with Crippen molar-refractivity contribution in [1.82, 2.24) is 0 Å². The van der Waals surface area contributed by atoms with E-state index in [-0.39, 0.29) is 28.7 Å². The second-order valence-electron chi connectivity index (χ2n) is 9.31. The Bertz CT molecular complexity index is 638. The zero-order valence-electron chi connectivity index (χ0n) is 15.6. The molecule has 1 N–H and O–H groups in total. The standard InChI is InChI=1S/C21H30O4/c1-12(22)25-18-11-17-15-5-4-13-10-14(23)6-8-20(13,2)16(15)7-9-21(17,3)19(18)24/h4,14-18,23H,5-11H2,1-3H3/t14-,15+,16-,17-,18+,20-,21-/m0/s1. The number of hydrogen-bond donors (Lipinski definition) is 1. The molecule has 7 atom stereocenters. The van der Waals surface area contributed by atoms with Crippen molar-refractivity contribution in [3.63, 3.8) is 0 Å². The van der Waals surface area contributed by atoms with E-state index in [4.69, 9.17) is 4.74 Å². The van der Waals surface area contributed by atoms with Gasteiger partial charge in [0.2, 0.25) is 0 Å². The second kappa shape index (κ2) is 5.67. The molecule has 3 fully saturated rings. The number of Topliss-reactive ketones (excluding diaryl/α,β-unsaturated/α-hetero) is 1. The topological polar surface area (TPSA) is 63.6 Å². The first-order valence-electron chi connectivity index (χ1n) is 9.85. The minimum Gasteiger partial charge on any atom is -0.455 e. The third-order valence-electron chi connectivity index (χ3n) is 8.10. The quantitative estimate of drug-likeness (QED) is 0.584. The highest BCUT2D eigenvalue weighted by molar-refractivity contribution is 5.92. The SMILES string of the molecule is CC(=O)O[C@@H]1C[C@H]2[C@@H]3CC=C4C[C@@H](O)CC[C@]4(C)[C@H]3CC[C@]2(C)C1=O. The summed E-state index contributed by atoms with van der Waals surface area (Å²) in [6, 6.07) is 0. The van der Waals surface area contributed by atoms with Gasteiger partial charge in [-0.15, -0.1) is 0 Å². The van der Waals surface area contributed by atoms with Crippen molar-refractivity contribution in [3.05, 3.63) is 11.6 Å². The lowest BCUT2D eigenvalue weighted by Crippen LogP contribution is -2.50. The number of esters is 1. The molecule has 0 radical (unpaired) electrons. The zero-order chi connectivity index (χ0) is 18.0. The van der Waals surface area contributed by atoms with Crippen LogP contribution in [0.4, 0.5) is 0 Å². The van der Waals surface area contributed by atoms with Gasteiger partial charge in [0.15, 0.2) is 11.9 Å². The van der Waals surface area contributed by atoms with Gasteiger partial charge in [-0.3, -0.25) is 9.59 Å². The van der Waals surface area contributed by atoms with Gasteiger partial charge in [0.05, 0.1) is 6.10 Å². The van der Waals surface area contributed by atoms with Crippen molar-refractivity contribution in [3.8, 4) is 0 Å². The highest BCUT2D eigenvalue weighted by Crippen LogP contribution is 2.64. The van der Waals surface area contributed by atoms with Crippen molar-refractivity contribution in [2.24, 2.45) is 28.6 Å². The van der Waals surface area contributed by atoms with Crippen LogP contribution in [-0.4, -0.2) is 29.1 Å². The van der Waals surface area contributed by atoms with Gasteiger partial charge in [0, 0.05) is 12.3 Å². The number of allylic oxidation sites excluding steroid dienone is 1. The predicted molar refractivity (Wildman–Crippen MR) is 93.7 cm³/mol. The van der Waals surface area contributed by atoms with Crippen LogP contribution in [0.3, 0.4) is 0 Å². The first-order valence-corrected chi connectivity index (χ1v) is 9.85. The summed E-state index contributed by atoms with van der Waals surface area (Å²) in [7, 11) is 0. The van der Waals surface area contributed by atoms with Crippen molar-refractivity contribution in [2.75, 3.05) is 0 Å². The van der Waals surface area contributed by atoms with Crippen molar-refractivity contribution < 1.29 is 19.4 Å². The molecule has 0 aromatic rings. The number of carbonyl (C=O) groups excluding carboxylic acids is 2. The van der Waals surface area contributed by atoms with Gasteiger partial charge in [0.1, 0.15) is 0 Å². The van der Waals surface area contributed by atoms with Crippen LogP contribution >= 0.6 is 0 Å². The highest BCUT2D eigenvalue weighted by atomic mass is 16.5. The van der Waals surface area contributed by atoms with Gasteiger partial charge in [0.25, 0.3) is 0 Å². The molecule has 4 heteroatoms. The monoisotopic (exact) mass is 346 g/mol. The molecule has 0 amide bonds. The minimum atomic E-state index is -0.544. The first kappa shape index (κ1) is 17.3. The molecule has 0 aromatic carbocycles. The van der Waals surface area contributed by atoms with E-state index in [1.54, 1.807) is 0 Å². The lowest BCUT2D eigenvalue weighted by Gasteiger charge is -2.56. The summed E-state index contributed by atoms with van der Waals surface area (Å²) >= 11 is 0. The van der Waals surface area contributed by atoms with E-state index in [1.807, 2.05) is 0 Å². The highest BCUT2D eigenvalue weighted by Gasteiger charge is 2.61.